The van der Waals surface area contributed by atoms with Gasteiger partial charge in [-0.1, -0.05) is 15.9 Å². The molecule has 1 rings (SSSR count). The van der Waals surface area contributed by atoms with Gasteiger partial charge in [-0.15, -0.1) is 4.36 Å². The lowest BCUT2D eigenvalue weighted by molar-refractivity contribution is 0.0607. The van der Waals surface area contributed by atoms with Crippen LogP contribution in [0.25, 0.3) is 0 Å². The third-order valence-corrected chi connectivity index (χ3v) is 3.72. The summed E-state index contributed by atoms with van der Waals surface area (Å²) in [5, 5.41) is 0.239. The van der Waals surface area contributed by atoms with Crippen molar-refractivity contribution in [1.29, 1.82) is 0 Å². The Morgan fingerprint density at radius 3 is 2.61 bits per heavy atom. The van der Waals surface area contributed by atoms with Gasteiger partial charge in [-0.3, -0.25) is 0 Å². The molecule has 1 aromatic rings. The largest absolute Gasteiger partial charge is 0.442 e. The summed E-state index contributed by atoms with van der Waals surface area (Å²) in [6.07, 6.45) is 2.00. The third-order valence-electron chi connectivity index (χ3n) is 1.73. The summed E-state index contributed by atoms with van der Waals surface area (Å²) in [6, 6.07) is 3.27. The quantitative estimate of drug-likeness (QED) is 0.790. The standard InChI is InChI=1S/C11H15BrN2O3S/c1-11(2,3)17-10(15)14-18(4,16)9-7-8(12)5-6-13-9/h5-7H,1-4H3. The molecular formula is C11H15BrN2O3S. The first-order valence-electron chi connectivity index (χ1n) is 5.17. The molecule has 5 nitrogen and oxygen atoms in total. The van der Waals surface area contributed by atoms with Crippen molar-refractivity contribution in [3.63, 3.8) is 0 Å². The molecule has 18 heavy (non-hydrogen) atoms. The zero-order valence-electron chi connectivity index (χ0n) is 10.6. The smallest absolute Gasteiger partial charge is 0.442 e. The van der Waals surface area contributed by atoms with E-state index < -0.39 is 21.4 Å². The number of carbonyl (C=O) groups is 1. The van der Waals surface area contributed by atoms with Crippen molar-refractivity contribution in [3.05, 3.63) is 22.8 Å². The van der Waals surface area contributed by atoms with Crippen molar-refractivity contribution in [2.75, 3.05) is 6.26 Å². The normalized spacial score (nSPS) is 14.7. The minimum atomic E-state index is -2.90. The predicted octanol–water partition coefficient (Wildman–Crippen LogP) is 3.24. The number of ether oxygens (including phenoxy) is 1. The number of rotatable bonds is 1. The number of carbonyl (C=O) groups excluding carboxylic acids is 1. The van der Waals surface area contributed by atoms with E-state index in [-0.39, 0.29) is 5.03 Å². The zero-order chi connectivity index (χ0) is 14.0. The number of pyridine rings is 1. The fourth-order valence-electron chi connectivity index (χ4n) is 1.06. The van der Waals surface area contributed by atoms with Gasteiger partial charge < -0.3 is 4.74 Å². The SMILES string of the molecule is CC(C)(C)OC(=O)N=S(C)(=O)c1cc(Br)ccn1. The van der Waals surface area contributed by atoms with E-state index in [0.29, 0.717) is 0 Å². The van der Waals surface area contributed by atoms with E-state index in [1.54, 1.807) is 32.9 Å². The second-order valence-electron chi connectivity index (χ2n) is 4.69. The first-order valence-corrected chi connectivity index (χ1v) is 7.88. The Morgan fingerprint density at radius 1 is 1.50 bits per heavy atom. The van der Waals surface area contributed by atoms with E-state index >= 15 is 0 Å². The van der Waals surface area contributed by atoms with E-state index in [0.717, 1.165) is 4.47 Å². The highest BCUT2D eigenvalue weighted by molar-refractivity contribution is 9.10. The minimum Gasteiger partial charge on any atom is -0.442 e. The number of amides is 1. The summed E-state index contributed by atoms with van der Waals surface area (Å²) in [7, 11) is -2.90. The summed E-state index contributed by atoms with van der Waals surface area (Å²) in [5.41, 5.74) is -0.666. The fraction of sp³-hybridized carbons (Fsp3) is 0.455. The van der Waals surface area contributed by atoms with Crippen LogP contribution in [0.1, 0.15) is 20.8 Å². The molecule has 1 aromatic heterocycles. The second-order valence-corrected chi connectivity index (χ2v) is 7.81. The molecule has 0 saturated heterocycles. The highest BCUT2D eigenvalue weighted by atomic mass is 79.9. The average Bonchev–Trinajstić information content (AvgIpc) is 2.13. The van der Waals surface area contributed by atoms with Crippen LogP contribution in [0.15, 0.2) is 32.2 Å². The third kappa shape index (κ3) is 4.73. The number of hydrogen-bond donors (Lipinski definition) is 0. The van der Waals surface area contributed by atoms with E-state index in [1.807, 2.05) is 0 Å². The maximum atomic E-state index is 12.3. The predicted molar refractivity (Wildman–Crippen MR) is 72.9 cm³/mol. The van der Waals surface area contributed by atoms with Gasteiger partial charge in [0.15, 0.2) is 0 Å². The van der Waals surface area contributed by atoms with Crippen molar-refractivity contribution >= 4 is 31.8 Å². The average molecular weight is 335 g/mol. The van der Waals surface area contributed by atoms with Crippen LogP contribution in [0.2, 0.25) is 0 Å². The molecular weight excluding hydrogens is 320 g/mol. The minimum absolute atomic E-state index is 0.239. The lowest BCUT2D eigenvalue weighted by Crippen LogP contribution is -2.22. The van der Waals surface area contributed by atoms with Gasteiger partial charge in [-0.05, 0) is 32.9 Å². The molecule has 1 unspecified atom stereocenters. The van der Waals surface area contributed by atoms with Crippen molar-refractivity contribution in [2.24, 2.45) is 4.36 Å². The van der Waals surface area contributed by atoms with Crippen LogP contribution in [-0.4, -0.2) is 27.1 Å². The molecule has 0 fully saturated rings. The monoisotopic (exact) mass is 334 g/mol. The molecule has 1 atom stereocenters. The summed E-state index contributed by atoms with van der Waals surface area (Å²) in [6.45, 7) is 5.15. The van der Waals surface area contributed by atoms with Gasteiger partial charge in [0.1, 0.15) is 20.4 Å². The Kier molecular flexibility index (Phi) is 4.50. The number of halogens is 1. The number of nitrogens with zero attached hydrogens (tertiary/aromatic N) is 2. The van der Waals surface area contributed by atoms with Crippen molar-refractivity contribution in [1.82, 2.24) is 4.98 Å². The Hall–Kier alpha value is -0.950. The number of aromatic nitrogens is 1. The van der Waals surface area contributed by atoms with E-state index in [2.05, 4.69) is 25.3 Å². The summed E-state index contributed by atoms with van der Waals surface area (Å²) >= 11 is 3.25. The maximum absolute atomic E-state index is 12.3. The molecule has 0 radical (unpaired) electrons. The molecule has 7 heteroatoms. The van der Waals surface area contributed by atoms with E-state index in [1.165, 1.54) is 12.5 Å². The Bertz CT molecular complexity index is 572. The van der Waals surface area contributed by atoms with Crippen LogP contribution in [-0.2, 0) is 14.5 Å². The fourth-order valence-corrected chi connectivity index (χ4v) is 2.57. The van der Waals surface area contributed by atoms with Crippen LogP contribution >= 0.6 is 15.9 Å². The first-order chi connectivity index (χ1) is 8.10. The Labute approximate surface area is 115 Å². The van der Waals surface area contributed by atoms with Gasteiger partial charge in [-0.25, -0.2) is 14.0 Å². The van der Waals surface area contributed by atoms with Gasteiger partial charge >= 0.3 is 6.09 Å². The van der Waals surface area contributed by atoms with Crippen molar-refractivity contribution in [2.45, 2.75) is 31.4 Å². The topological polar surface area (TPSA) is 68.6 Å². The second kappa shape index (κ2) is 5.36. The lowest BCUT2D eigenvalue weighted by atomic mass is 10.2. The molecule has 100 valence electrons. The molecule has 1 heterocycles. The van der Waals surface area contributed by atoms with Gasteiger partial charge in [0, 0.05) is 16.9 Å². The Morgan fingerprint density at radius 2 is 2.11 bits per heavy atom. The van der Waals surface area contributed by atoms with Gasteiger partial charge in [0.05, 0.1) is 0 Å². The van der Waals surface area contributed by atoms with Gasteiger partial charge in [-0.2, -0.15) is 0 Å². The summed E-state index contributed by atoms with van der Waals surface area (Å²) < 4.78 is 21.6. The number of hydrogen-bond acceptors (Lipinski definition) is 4. The Balaban J connectivity index is 3.07. The summed E-state index contributed by atoms with van der Waals surface area (Å²) in [5.74, 6) is 0. The molecule has 0 aromatic carbocycles. The molecule has 0 saturated carbocycles. The maximum Gasteiger partial charge on any atom is 0.442 e. The van der Waals surface area contributed by atoms with E-state index in [9.17, 15) is 9.00 Å². The van der Waals surface area contributed by atoms with E-state index in [4.69, 9.17) is 4.74 Å². The molecule has 0 aliphatic rings. The van der Waals surface area contributed by atoms with Crippen LogP contribution in [0.5, 0.6) is 0 Å². The highest BCUT2D eigenvalue weighted by Gasteiger charge is 2.18. The van der Waals surface area contributed by atoms with Crippen molar-refractivity contribution < 1.29 is 13.7 Å². The zero-order valence-corrected chi connectivity index (χ0v) is 13.0. The van der Waals surface area contributed by atoms with Crippen molar-refractivity contribution in [3.8, 4) is 0 Å². The molecule has 0 aliphatic carbocycles. The highest BCUT2D eigenvalue weighted by Crippen LogP contribution is 2.16. The van der Waals surface area contributed by atoms with Crippen LogP contribution < -0.4 is 0 Å². The van der Waals surface area contributed by atoms with Crippen LogP contribution in [0.4, 0.5) is 4.79 Å². The van der Waals surface area contributed by atoms with Gasteiger partial charge in [0.25, 0.3) is 0 Å². The van der Waals surface area contributed by atoms with Gasteiger partial charge in [0.2, 0.25) is 0 Å². The first kappa shape index (κ1) is 15.1. The van der Waals surface area contributed by atoms with Crippen LogP contribution in [0.3, 0.4) is 0 Å². The molecule has 0 spiro atoms. The lowest BCUT2D eigenvalue weighted by Gasteiger charge is -2.17. The molecule has 0 bridgehead atoms. The molecule has 1 amide bonds. The van der Waals surface area contributed by atoms with Crippen LogP contribution in [0, 0.1) is 0 Å². The molecule has 0 N–H and O–H groups in total. The molecule has 0 aliphatic heterocycles. The summed E-state index contributed by atoms with van der Waals surface area (Å²) in [4.78, 5) is 15.5.